The fraction of sp³-hybridized carbons (Fsp3) is 0.583. The quantitative estimate of drug-likeness (QED) is 0.811. The number of carbonyl (C=O) groups excluding carboxylic acids is 1. The molecule has 0 aromatic carbocycles. The molecule has 0 aliphatic carbocycles. The molecule has 4 nitrogen and oxygen atoms in total. The van der Waals surface area contributed by atoms with Gasteiger partial charge < -0.3 is 15.1 Å². The molecule has 1 aliphatic rings. The van der Waals surface area contributed by atoms with E-state index in [0.717, 1.165) is 19.5 Å². The maximum absolute atomic E-state index is 11.9. The lowest BCUT2D eigenvalue weighted by Crippen LogP contribution is -2.39. The highest BCUT2D eigenvalue weighted by molar-refractivity contribution is 5.95. The summed E-state index contributed by atoms with van der Waals surface area (Å²) in [6.45, 7) is 5.91. The Balaban J connectivity index is 1.94. The first-order chi connectivity index (χ1) is 7.68. The van der Waals surface area contributed by atoms with Gasteiger partial charge in [-0.1, -0.05) is 0 Å². The molecule has 0 bridgehead atoms. The Bertz CT molecular complexity index is 367. The van der Waals surface area contributed by atoms with E-state index in [4.69, 9.17) is 4.42 Å². The van der Waals surface area contributed by atoms with Crippen molar-refractivity contribution in [2.24, 2.45) is 5.92 Å². The van der Waals surface area contributed by atoms with Crippen molar-refractivity contribution >= 4 is 5.91 Å². The van der Waals surface area contributed by atoms with Crippen molar-refractivity contribution in [3.63, 3.8) is 0 Å². The van der Waals surface area contributed by atoms with Crippen LogP contribution in [0.1, 0.15) is 29.5 Å². The third kappa shape index (κ3) is 2.27. The van der Waals surface area contributed by atoms with E-state index in [0.29, 0.717) is 17.2 Å². The molecule has 2 rings (SSSR count). The minimum atomic E-state index is -0.0364. The molecule has 1 aliphatic heterocycles. The fourth-order valence-corrected chi connectivity index (χ4v) is 2.13. The molecular formula is C12H18N2O2. The van der Waals surface area contributed by atoms with Gasteiger partial charge in [0.05, 0.1) is 11.8 Å². The van der Waals surface area contributed by atoms with Crippen LogP contribution in [0.4, 0.5) is 0 Å². The second-order valence-electron chi connectivity index (χ2n) is 4.41. The van der Waals surface area contributed by atoms with Gasteiger partial charge in [0.25, 0.3) is 5.91 Å². The van der Waals surface area contributed by atoms with Crippen LogP contribution in [0.5, 0.6) is 0 Å². The minimum Gasteiger partial charge on any atom is -0.469 e. The molecule has 1 amide bonds. The maximum Gasteiger partial charge on any atom is 0.255 e. The van der Waals surface area contributed by atoms with Crippen LogP contribution < -0.4 is 10.6 Å². The van der Waals surface area contributed by atoms with Gasteiger partial charge in [-0.3, -0.25) is 4.79 Å². The van der Waals surface area contributed by atoms with Crippen molar-refractivity contribution in [3.05, 3.63) is 23.7 Å². The van der Waals surface area contributed by atoms with Crippen LogP contribution >= 0.6 is 0 Å². The molecule has 2 atom stereocenters. The summed E-state index contributed by atoms with van der Waals surface area (Å²) < 4.78 is 5.12. The molecule has 88 valence electrons. The second-order valence-corrected chi connectivity index (χ2v) is 4.41. The first-order valence-electron chi connectivity index (χ1n) is 5.74. The molecular weight excluding hydrogens is 204 g/mol. The van der Waals surface area contributed by atoms with Crippen LogP contribution in [0, 0.1) is 12.8 Å². The van der Waals surface area contributed by atoms with E-state index < -0.39 is 0 Å². The number of carbonyl (C=O) groups is 1. The molecule has 2 N–H and O–H groups in total. The number of amides is 1. The van der Waals surface area contributed by atoms with E-state index in [1.165, 1.54) is 0 Å². The summed E-state index contributed by atoms with van der Waals surface area (Å²) in [7, 11) is 0. The summed E-state index contributed by atoms with van der Waals surface area (Å²) in [5.41, 5.74) is 0.637. The minimum absolute atomic E-state index is 0.0364. The molecule has 1 aromatic heterocycles. The van der Waals surface area contributed by atoms with Crippen molar-refractivity contribution in [1.29, 1.82) is 0 Å². The normalized spacial score (nSPS) is 22.0. The smallest absolute Gasteiger partial charge is 0.255 e. The van der Waals surface area contributed by atoms with Crippen molar-refractivity contribution < 1.29 is 9.21 Å². The van der Waals surface area contributed by atoms with Crippen molar-refractivity contribution in [2.45, 2.75) is 26.3 Å². The highest BCUT2D eigenvalue weighted by Crippen LogP contribution is 2.14. The van der Waals surface area contributed by atoms with Gasteiger partial charge in [0, 0.05) is 6.04 Å². The molecule has 2 heterocycles. The number of hydrogen-bond acceptors (Lipinski definition) is 3. The summed E-state index contributed by atoms with van der Waals surface area (Å²) in [6, 6.07) is 1.92. The number of furan rings is 1. The average Bonchev–Trinajstić information content (AvgIpc) is 2.86. The largest absolute Gasteiger partial charge is 0.469 e. The van der Waals surface area contributed by atoms with Crippen LogP contribution in [0.15, 0.2) is 16.7 Å². The zero-order valence-electron chi connectivity index (χ0n) is 9.75. The zero-order chi connectivity index (χ0) is 11.5. The van der Waals surface area contributed by atoms with Gasteiger partial charge in [0.1, 0.15) is 5.76 Å². The standard InChI is InChI=1S/C12H18N2O2/c1-8(10-3-5-13-7-10)14-12(15)11-4-6-16-9(11)2/h4,6,8,10,13H,3,5,7H2,1-2H3,(H,14,15). The topological polar surface area (TPSA) is 54.3 Å². The van der Waals surface area contributed by atoms with Gasteiger partial charge >= 0.3 is 0 Å². The molecule has 0 radical (unpaired) electrons. The van der Waals surface area contributed by atoms with Gasteiger partial charge in [-0.25, -0.2) is 0 Å². The Hall–Kier alpha value is -1.29. The summed E-state index contributed by atoms with van der Waals surface area (Å²) in [5.74, 6) is 1.18. The fourth-order valence-electron chi connectivity index (χ4n) is 2.13. The third-order valence-corrected chi connectivity index (χ3v) is 3.27. The number of aryl methyl sites for hydroxylation is 1. The lowest BCUT2D eigenvalue weighted by molar-refractivity contribution is 0.0927. The summed E-state index contributed by atoms with van der Waals surface area (Å²) in [4.78, 5) is 11.9. The summed E-state index contributed by atoms with van der Waals surface area (Å²) in [6.07, 6.45) is 2.68. The molecule has 2 unspecified atom stereocenters. The monoisotopic (exact) mass is 222 g/mol. The number of nitrogens with one attached hydrogen (secondary N) is 2. The van der Waals surface area contributed by atoms with Crippen LogP contribution in [0.3, 0.4) is 0 Å². The molecule has 0 saturated carbocycles. The molecule has 0 spiro atoms. The van der Waals surface area contributed by atoms with Crippen molar-refractivity contribution in [3.8, 4) is 0 Å². The van der Waals surface area contributed by atoms with E-state index in [1.54, 1.807) is 19.3 Å². The summed E-state index contributed by atoms with van der Waals surface area (Å²) in [5, 5.41) is 6.33. The van der Waals surface area contributed by atoms with E-state index in [-0.39, 0.29) is 11.9 Å². The lowest BCUT2D eigenvalue weighted by atomic mass is 10.0. The summed E-state index contributed by atoms with van der Waals surface area (Å²) >= 11 is 0. The molecule has 1 fully saturated rings. The zero-order valence-corrected chi connectivity index (χ0v) is 9.75. The van der Waals surface area contributed by atoms with Crippen LogP contribution in [0.25, 0.3) is 0 Å². The first kappa shape index (κ1) is 11.2. The van der Waals surface area contributed by atoms with Gasteiger partial charge in [0.2, 0.25) is 0 Å². The SMILES string of the molecule is Cc1occc1C(=O)NC(C)C1CCNC1. The predicted octanol–water partition coefficient (Wildman–Crippen LogP) is 1.32. The highest BCUT2D eigenvalue weighted by atomic mass is 16.3. The van der Waals surface area contributed by atoms with E-state index in [1.807, 2.05) is 0 Å². The second kappa shape index (κ2) is 4.70. The molecule has 1 saturated heterocycles. The lowest BCUT2D eigenvalue weighted by Gasteiger charge is -2.19. The van der Waals surface area contributed by atoms with Crippen LogP contribution in [-0.4, -0.2) is 25.0 Å². The van der Waals surface area contributed by atoms with Crippen LogP contribution in [-0.2, 0) is 0 Å². The Morgan fingerprint density at radius 2 is 2.50 bits per heavy atom. The molecule has 16 heavy (non-hydrogen) atoms. The van der Waals surface area contributed by atoms with Crippen molar-refractivity contribution in [1.82, 2.24) is 10.6 Å². The number of hydrogen-bond donors (Lipinski definition) is 2. The Labute approximate surface area is 95.4 Å². The Kier molecular flexibility index (Phi) is 3.29. The highest BCUT2D eigenvalue weighted by Gasteiger charge is 2.23. The van der Waals surface area contributed by atoms with Gasteiger partial charge in [-0.15, -0.1) is 0 Å². The Morgan fingerprint density at radius 3 is 3.06 bits per heavy atom. The van der Waals surface area contributed by atoms with Crippen molar-refractivity contribution in [2.75, 3.05) is 13.1 Å². The average molecular weight is 222 g/mol. The van der Waals surface area contributed by atoms with Crippen LogP contribution in [0.2, 0.25) is 0 Å². The predicted molar refractivity (Wildman–Crippen MR) is 61.3 cm³/mol. The molecule has 1 aromatic rings. The van der Waals surface area contributed by atoms with Gasteiger partial charge in [-0.05, 0) is 45.3 Å². The van der Waals surface area contributed by atoms with E-state index in [9.17, 15) is 4.79 Å². The third-order valence-electron chi connectivity index (χ3n) is 3.27. The Morgan fingerprint density at radius 1 is 1.69 bits per heavy atom. The molecule has 4 heteroatoms. The van der Waals surface area contributed by atoms with Gasteiger partial charge in [0.15, 0.2) is 0 Å². The van der Waals surface area contributed by atoms with E-state index >= 15 is 0 Å². The number of rotatable bonds is 3. The maximum atomic E-state index is 11.9. The first-order valence-corrected chi connectivity index (χ1v) is 5.74. The van der Waals surface area contributed by atoms with E-state index in [2.05, 4.69) is 17.6 Å². The van der Waals surface area contributed by atoms with Gasteiger partial charge in [-0.2, -0.15) is 0 Å².